The molecule has 4 rings (SSSR count). The molecular formula is C21H19N3O4S. The van der Waals surface area contributed by atoms with E-state index in [0.717, 1.165) is 0 Å². The van der Waals surface area contributed by atoms with E-state index in [1.54, 1.807) is 41.3 Å². The van der Waals surface area contributed by atoms with Gasteiger partial charge in [0.2, 0.25) is 0 Å². The summed E-state index contributed by atoms with van der Waals surface area (Å²) in [5, 5.41) is 4.92. The number of aromatic nitrogens is 2. The summed E-state index contributed by atoms with van der Waals surface area (Å²) < 4.78 is 6.08. The third kappa shape index (κ3) is 3.63. The SMILES string of the molecule is COC(=O)[C@@H]1CN(C(=O)c2nn(-c3ccccc3)c(=O)c3ccccc23)CCS1. The molecule has 148 valence electrons. The van der Waals surface area contributed by atoms with Crippen LogP contribution in [0.3, 0.4) is 0 Å². The van der Waals surface area contributed by atoms with Gasteiger partial charge in [0.25, 0.3) is 11.5 Å². The van der Waals surface area contributed by atoms with E-state index in [4.69, 9.17) is 4.74 Å². The first-order valence-electron chi connectivity index (χ1n) is 9.16. The molecule has 1 aliphatic rings. The number of rotatable bonds is 3. The maximum atomic E-state index is 13.4. The molecule has 29 heavy (non-hydrogen) atoms. The lowest BCUT2D eigenvalue weighted by molar-refractivity contribution is -0.140. The van der Waals surface area contributed by atoms with E-state index < -0.39 is 5.25 Å². The van der Waals surface area contributed by atoms with Gasteiger partial charge in [-0.1, -0.05) is 36.4 Å². The van der Waals surface area contributed by atoms with Crippen molar-refractivity contribution in [3.05, 3.63) is 70.6 Å². The van der Waals surface area contributed by atoms with Crippen molar-refractivity contribution in [2.24, 2.45) is 0 Å². The Morgan fingerprint density at radius 2 is 1.76 bits per heavy atom. The molecule has 2 heterocycles. The number of hydrogen-bond acceptors (Lipinski definition) is 6. The second-order valence-corrected chi connectivity index (χ2v) is 7.89. The van der Waals surface area contributed by atoms with Crippen LogP contribution in [0.2, 0.25) is 0 Å². The van der Waals surface area contributed by atoms with Crippen LogP contribution in [0, 0.1) is 0 Å². The Bertz CT molecular complexity index is 1130. The molecular weight excluding hydrogens is 390 g/mol. The van der Waals surface area contributed by atoms with E-state index in [-0.39, 0.29) is 29.7 Å². The molecule has 0 spiro atoms. The van der Waals surface area contributed by atoms with E-state index in [9.17, 15) is 14.4 Å². The lowest BCUT2D eigenvalue weighted by atomic mass is 10.1. The Hall–Kier alpha value is -3.13. The lowest BCUT2D eigenvalue weighted by Gasteiger charge is -2.31. The number of esters is 1. The smallest absolute Gasteiger partial charge is 0.320 e. The van der Waals surface area contributed by atoms with Crippen LogP contribution in [0.25, 0.3) is 16.5 Å². The maximum Gasteiger partial charge on any atom is 0.320 e. The van der Waals surface area contributed by atoms with Crippen molar-refractivity contribution >= 4 is 34.4 Å². The van der Waals surface area contributed by atoms with Crippen LogP contribution >= 0.6 is 11.8 Å². The van der Waals surface area contributed by atoms with Gasteiger partial charge in [0.05, 0.1) is 18.2 Å². The number of fused-ring (bicyclic) bond motifs is 1. The van der Waals surface area contributed by atoms with Crippen LogP contribution in [0.4, 0.5) is 0 Å². The summed E-state index contributed by atoms with van der Waals surface area (Å²) in [6, 6.07) is 16.0. The van der Waals surface area contributed by atoms with Crippen LogP contribution in [-0.4, -0.2) is 57.8 Å². The molecule has 0 saturated carbocycles. The minimum absolute atomic E-state index is 0.194. The molecule has 1 amide bonds. The molecule has 1 aliphatic heterocycles. The van der Waals surface area contributed by atoms with Crippen molar-refractivity contribution in [3.63, 3.8) is 0 Å². The fourth-order valence-electron chi connectivity index (χ4n) is 3.35. The summed E-state index contributed by atoms with van der Waals surface area (Å²) >= 11 is 1.47. The second-order valence-electron chi connectivity index (χ2n) is 6.58. The van der Waals surface area contributed by atoms with Crippen molar-refractivity contribution in [2.45, 2.75) is 5.25 Å². The Morgan fingerprint density at radius 3 is 2.48 bits per heavy atom. The summed E-state index contributed by atoms with van der Waals surface area (Å²) in [4.78, 5) is 39.9. The first kappa shape index (κ1) is 19.2. The van der Waals surface area contributed by atoms with Crippen LogP contribution < -0.4 is 5.56 Å². The average molecular weight is 409 g/mol. The molecule has 3 aromatic rings. The number of carbonyl (C=O) groups is 2. The zero-order chi connectivity index (χ0) is 20.4. The molecule has 2 aromatic carbocycles. The van der Waals surface area contributed by atoms with Crippen molar-refractivity contribution in [3.8, 4) is 5.69 Å². The molecule has 1 saturated heterocycles. The number of methoxy groups -OCH3 is 1. The molecule has 8 heteroatoms. The average Bonchev–Trinajstić information content (AvgIpc) is 2.79. The van der Waals surface area contributed by atoms with Crippen LogP contribution in [-0.2, 0) is 9.53 Å². The number of para-hydroxylation sites is 1. The third-order valence-corrected chi connectivity index (χ3v) is 5.99. The van der Waals surface area contributed by atoms with Gasteiger partial charge in [0, 0.05) is 24.2 Å². The van der Waals surface area contributed by atoms with E-state index in [2.05, 4.69) is 5.10 Å². The van der Waals surface area contributed by atoms with Gasteiger partial charge in [-0.05, 0) is 18.2 Å². The predicted molar refractivity (Wildman–Crippen MR) is 112 cm³/mol. The number of thioether (sulfide) groups is 1. The number of benzene rings is 2. The molecule has 7 nitrogen and oxygen atoms in total. The predicted octanol–water partition coefficient (Wildman–Crippen LogP) is 2.12. The van der Waals surface area contributed by atoms with E-state index in [1.165, 1.54) is 23.6 Å². The molecule has 1 fully saturated rings. The number of amides is 1. The number of ether oxygens (including phenoxy) is 1. The highest BCUT2D eigenvalue weighted by atomic mass is 32.2. The number of hydrogen-bond donors (Lipinski definition) is 0. The monoisotopic (exact) mass is 409 g/mol. The lowest BCUT2D eigenvalue weighted by Crippen LogP contribution is -2.45. The molecule has 0 unspecified atom stereocenters. The van der Waals surface area contributed by atoms with Gasteiger partial charge < -0.3 is 9.64 Å². The van der Waals surface area contributed by atoms with E-state index in [0.29, 0.717) is 28.8 Å². The van der Waals surface area contributed by atoms with Crippen molar-refractivity contribution < 1.29 is 14.3 Å². The molecule has 1 aromatic heterocycles. The summed E-state index contributed by atoms with van der Waals surface area (Å²) in [6.07, 6.45) is 0. The Kier molecular flexibility index (Phi) is 5.35. The fraction of sp³-hybridized carbons (Fsp3) is 0.238. The van der Waals surface area contributed by atoms with Gasteiger partial charge in [-0.2, -0.15) is 9.78 Å². The first-order chi connectivity index (χ1) is 14.1. The molecule has 1 atom stereocenters. The van der Waals surface area contributed by atoms with Gasteiger partial charge in [-0.25, -0.2) is 0 Å². The van der Waals surface area contributed by atoms with Gasteiger partial charge in [0.1, 0.15) is 5.25 Å². The van der Waals surface area contributed by atoms with Crippen LogP contribution in [0.5, 0.6) is 0 Å². The highest BCUT2D eigenvalue weighted by molar-refractivity contribution is 8.00. The van der Waals surface area contributed by atoms with Crippen LogP contribution in [0.15, 0.2) is 59.4 Å². The molecule has 0 bridgehead atoms. The van der Waals surface area contributed by atoms with Gasteiger partial charge in [-0.3, -0.25) is 14.4 Å². The Balaban J connectivity index is 1.81. The highest BCUT2D eigenvalue weighted by Crippen LogP contribution is 2.23. The molecule has 0 aliphatic carbocycles. The van der Waals surface area contributed by atoms with Gasteiger partial charge in [-0.15, -0.1) is 11.8 Å². The summed E-state index contributed by atoms with van der Waals surface area (Å²) in [7, 11) is 1.34. The Labute approximate surface area is 171 Å². The normalized spacial score (nSPS) is 16.6. The standard InChI is InChI=1S/C21H19N3O4S/c1-28-21(27)17-13-23(11-12-29-17)20(26)18-15-9-5-6-10-16(15)19(25)24(22-18)14-7-3-2-4-8-14/h2-10,17H,11-13H2,1H3/t17-/m0/s1. The molecule has 0 radical (unpaired) electrons. The van der Waals surface area contributed by atoms with Crippen molar-refractivity contribution in [2.75, 3.05) is 26.0 Å². The fourth-order valence-corrected chi connectivity index (χ4v) is 4.48. The zero-order valence-corrected chi connectivity index (χ0v) is 16.6. The van der Waals surface area contributed by atoms with Crippen molar-refractivity contribution in [1.29, 1.82) is 0 Å². The quantitative estimate of drug-likeness (QED) is 0.617. The zero-order valence-electron chi connectivity index (χ0n) is 15.8. The van der Waals surface area contributed by atoms with E-state index >= 15 is 0 Å². The molecule has 0 N–H and O–H groups in total. The largest absolute Gasteiger partial charge is 0.468 e. The summed E-state index contributed by atoms with van der Waals surface area (Å²) in [6.45, 7) is 0.744. The van der Waals surface area contributed by atoms with Crippen molar-refractivity contribution in [1.82, 2.24) is 14.7 Å². The van der Waals surface area contributed by atoms with Crippen LogP contribution in [0.1, 0.15) is 10.5 Å². The topological polar surface area (TPSA) is 81.5 Å². The first-order valence-corrected chi connectivity index (χ1v) is 10.2. The van der Waals surface area contributed by atoms with E-state index in [1.807, 2.05) is 18.2 Å². The number of nitrogens with zero attached hydrogens (tertiary/aromatic N) is 3. The second kappa shape index (κ2) is 8.08. The number of carbonyl (C=O) groups excluding carboxylic acids is 2. The maximum absolute atomic E-state index is 13.4. The highest BCUT2D eigenvalue weighted by Gasteiger charge is 2.31. The Morgan fingerprint density at radius 1 is 1.07 bits per heavy atom. The summed E-state index contributed by atoms with van der Waals surface area (Å²) in [5.41, 5.74) is 0.489. The minimum Gasteiger partial charge on any atom is -0.468 e. The van der Waals surface area contributed by atoms with Gasteiger partial charge in [0.15, 0.2) is 5.69 Å². The van der Waals surface area contributed by atoms with Gasteiger partial charge >= 0.3 is 5.97 Å². The third-order valence-electron chi connectivity index (χ3n) is 4.83. The minimum atomic E-state index is -0.427. The summed E-state index contributed by atoms with van der Waals surface area (Å²) in [5.74, 6) is -0.0263.